The van der Waals surface area contributed by atoms with Crippen molar-refractivity contribution in [1.29, 1.82) is 0 Å². The largest absolute Gasteiger partial charge is 0.319 e. The number of hydrogen-bond acceptors (Lipinski definition) is 1. The number of rotatable bonds is 4. The molecule has 0 aliphatic heterocycles. The smallest absolute Gasteiger partial charge is 0.126 e. The Kier molecular flexibility index (Phi) is 4.11. The molecule has 2 atom stereocenters. The van der Waals surface area contributed by atoms with Crippen molar-refractivity contribution in [1.82, 2.24) is 5.32 Å². The van der Waals surface area contributed by atoms with Crippen LogP contribution in [-0.2, 0) is 6.42 Å². The fourth-order valence-corrected chi connectivity index (χ4v) is 2.94. The predicted molar refractivity (Wildman–Crippen MR) is 64.8 cm³/mol. The van der Waals surface area contributed by atoms with Crippen LogP contribution in [-0.4, -0.2) is 13.6 Å². The van der Waals surface area contributed by atoms with E-state index in [1.807, 2.05) is 7.05 Å². The van der Waals surface area contributed by atoms with E-state index in [1.165, 1.54) is 31.4 Å². The summed E-state index contributed by atoms with van der Waals surface area (Å²) in [5.41, 5.74) is 0.788. The fraction of sp³-hybridized carbons (Fsp3) is 0.571. The molecule has 0 aromatic heterocycles. The number of nitrogens with one attached hydrogen (secondary N) is 1. The third-order valence-electron chi connectivity index (χ3n) is 3.70. The third kappa shape index (κ3) is 3.25. The average Bonchev–Trinajstić information content (AvgIpc) is 2.65. The van der Waals surface area contributed by atoms with Crippen LogP contribution in [0.3, 0.4) is 0 Å². The Labute approximate surface area is 101 Å². The molecular formula is C14H19F2N. The van der Waals surface area contributed by atoms with Crippen LogP contribution in [0.25, 0.3) is 0 Å². The lowest BCUT2D eigenvalue weighted by Gasteiger charge is -2.19. The van der Waals surface area contributed by atoms with Gasteiger partial charge >= 0.3 is 0 Å². The summed E-state index contributed by atoms with van der Waals surface area (Å²) < 4.78 is 26.2. The Morgan fingerprint density at radius 2 is 1.76 bits per heavy atom. The van der Waals surface area contributed by atoms with Crippen LogP contribution in [0, 0.1) is 23.5 Å². The van der Waals surface area contributed by atoms with Gasteiger partial charge in [0.05, 0.1) is 0 Å². The minimum Gasteiger partial charge on any atom is -0.319 e. The number of halogens is 2. The minimum absolute atomic E-state index is 0.469. The molecule has 94 valence electrons. The van der Waals surface area contributed by atoms with Crippen LogP contribution in [0.1, 0.15) is 24.8 Å². The summed E-state index contributed by atoms with van der Waals surface area (Å²) in [4.78, 5) is 0. The van der Waals surface area contributed by atoms with Gasteiger partial charge in [-0.2, -0.15) is 0 Å². The second kappa shape index (κ2) is 5.58. The summed E-state index contributed by atoms with van der Waals surface area (Å²) in [7, 11) is 1.96. The van der Waals surface area contributed by atoms with Gasteiger partial charge in [-0.1, -0.05) is 6.42 Å². The molecule has 1 fully saturated rings. The molecule has 1 aromatic carbocycles. The van der Waals surface area contributed by atoms with Gasteiger partial charge in [0.15, 0.2) is 0 Å². The summed E-state index contributed by atoms with van der Waals surface area (Å²) in [5, 5.41) is 3.20. The molecule has 17 heavy (non-hydrogen) atoms. The molecule has 0 spiro atoms. The van der Waals surface area contributed by atoms with Crippen LogP contribution in [0.15, 0.2) is 18.2 Å². The van der Waals surface area contributed by atoms with Crippen molar-refractivity contribution in [2.24, 2.45) is 11.8 Å². The zero-order valence-electron chi connectivity index (χ0n) is 10.2. The Morgan fingerprint density at radius 1 is 1.12 bits per heavy atom. The summed E-state index contributed by atoms with van der Waals surface area (Å²) >= 11 is 0. The highest BCUT2D eigenvalue weighted by atomic mass is 19.1. The maximum Gasteiger partial charge on any atom is 0.126 e. The zero-order valence-corrected chi connectivity index (χ0v) is 10.2. The molecule has 0 heterocycles. The number of hydrogen-bond donors (Lipinski definition) is 1. The molecule has 3 heteroatoms. The van der Waals surface area contributed by atoms with Crippen molar-refractivity contribution in [2.45, 2.75) is 25.7 Å². The lowest BCUT2D eigenvalue weighted by Crippen LogP contribution is -2.23. The lowest BCUT2D eigenvalue weighted by atomic mass is 9.89. The van der Waals surface area contributed by atoms with Gasteiger partial charge < -0.3 is 5.32 Å². The van der Waals surface area contributed by atoms with Gasteiger partial charge in [0.2, 0.25) is 0 Å². The van der Waals surface area contributed by atoms with E-state index < -0.39 is 11.6 Å². The van der Waals surface area contributed by atoms with Gasteiger partial charge in [0.25, 0.3) is 0 Å². The highest BCUT2D eigenvalue weighted by Gasteiger charge is 2.26. The molecule has 1 aromatic rings. The van der Waals surface area contributed by atoms with Crippen molar-refractivity contribution < 1.29 is 8.78 Å². The maximum atomic E-state index is 13.1. The van der Waals surface area contributed by atoms with E-state index in [4.69, 9.17) is 0 Å². The first-order chi connectivity index (χ1) is 8.19. The number of benzene rings is 1. The molecule has 2 unspecified atom stereocenters. The van der Waals surface area contributed by atoms with Crippen LogP contribution in [0.4, 0.5) is 8.78 Å². The summed E-state index contributed by atoms with van der Waals surface area (Å²) in [6.07, 6.45) is 4.42. The van der Waals surface area contributed by atoms with Gasteiger partial charge in [0, 0.05) is 6.07 Å². The maximum absolute atomic E-state index is 13.1. The van der Waals surface area contributed by atoms with Crippen molar-refractivity contribution in [2.75, 3.05) is 13.6 Å². The average molecular weight is 239 g/mol. The van der Waals surface area contributed by atoms with Crippen LogP contribution in [0.5, 0.6) is 0 Å². The molecule has 1 N–H and O–H groups in total. The van der Waals surface area contributed by atoms with Crippen molar-refractivity contribution in [3.05, 3.63) is 35.4 Å². The minimum atomic E-state index is -0.469. The molecule has 2 rings (SSSR count). The Hall–Kier alpha value is -0.960. The fourth-order valence-electron chi connectivity index (χ4n) is 2.94. The third-order valence-corrected chi connectivity index (χ3v) is 3.70. The van der Waals surface area contributed by atoms with Gasteiger partial charge in [-0.25, -0.2) is 8.78 Å². The van der Waals surface area contributed by atoms with Gasteiger partial charge in [-0.3, -0.25) is 0 Å². The molecule has 0 radical (unpaired) electrons. The highest BCUT2D eigenvalue weighted by Crippen LogP contribution is 2.33. The summed E-state index contributed by atoms with van der Waals surface area (Å²) in [6, 6.07) is 3.85. The molecule has 1 aliphatic rings. The highest BCUT2D eigenvalue weighted by molar-refractivity contribution is 5.18. The molecule has 1 saturated carbocycles. The van der Waals surface area contributed by atoms with Crippen LogP contribution >= 0.6 is 0 Å². The first-order valence-electron chi connectivity index (χ1n) is 6.28. The van der Waals surface area contributed by atoms with E-state index in [0.717, 1.165) is 24.6 Å². The van der Waals surface area contributed by atoms with Gasteiger partial charge in [-0.15, -0.1) is 0 Å². The Morgan fingerprint density at radius 3 is 2.41 bits per heavy atom. The SMILES string of the molecule is CNCC1CCCC1Cc1cc(F)cc(F)c1. The quantitative estimate of drug-likeness (QED) is 0.851. The lowest BCUT2D eigenvalue weighted by molar-refractivity contribution is 0.373. The van der Waals surface area contributed by atoms with Crippen molar-refractivity contribution in [3.8, 4) is 0 Å². The van der Waals surface area contributed by atoms with E-state index >= 15 is 0 Å². The van der Waals surface area contributed by atoms with E-state index in [2.05, 4.69) is 5.32 Å². The van der Waals surface area contributed by atoms with Crippen molar-refractivity contribution in [3.63, 3.8) is 0 Å². The van der Waals surface area contributed by atoms with E-state index in [9.17, 15) is 8.78 Å². The normalized spacial score (nSPS) is 24.2. The van der Waals surface area contributed by atoms with Crippen LogP contribution < -0.4 is 5.32 Å². The molecule has 1 nitrogen and oxygen atoms in total. The van der Waals surface area contributed by atoms with E-state index in [-0.39, 0.29) is 0 Å². The first-order valence-corrected chi connectivity index (χ1v) is 6.28. The monoisotopic (exact) mass is 239 g/mol. The van der Waals surface area contributed by atoms with E-state index in [1.54, 1.807) is 0 Å². The van der Waals surface area contributed by atoms with Crippen molar-refractivity contribution >= 4 is 0 Å². The Bertz CT molecular complexity index is 358. The first kappa shape index (κ1) is 12.5. The van der Waals surface area contributed by atoms with Gasteiger partial charge in [0.1, 0.15) is 11.6 Å². The second-order valence-corrected chi connectivity index (χ2v) is 4.99. The predicted octanol–water partition coefficient (Wildman–Crippen LogP) is 3.14. The summed E-state index contributed by atoms with van der Waals surface area (Å²) in [5.74, 6) is 0.265. The zero-order chi connectivity index (χ0) is 12.3. The molecule has 0 amide bonds. The topological polar surface area (TPSA) is 12.0 Å². The summed E-state index contributed by atoms with van der Waals surface area (Å²) in [6.45, 7) is 1.00. The standard InChI is InChI=1S/C14H19F2N/c1-17-9-12-4-2-3-11(12)5-10-6-13(15)8-14(16)7-10/h6-8,11-12,17H,2-5,9H2,1H3. The molecule has 0 saturated heterocycles. The van der Waals surface area contributed by atoms with Gasteiger partial charge in [-0.05, 0) is 62.4 Å². The molecule has 1 aliphatic carbocycles. The molecular weight excluding hydrogens is 220 g/mol. The Balaban J connectivity index is 2.04. The van der Waals surface area contributed by atoms with Crippen LogP contribution in [0.2, 0.25) is 0 Å². The molecule has 0 bridgehead atoms. The van der Waals surface area contributed by atoms with E-state index in [0.29, 0.717) is 11.8 Å². The second-order valence-electron chi connectivity index (χ2n) is 4.99.